The predicted molar refractivity (Wildman–Crippen MR) is 256 cm³/mol. The van der Waals surface area contributed by atoms with Crippen LogP contribution < -0.4 is 9.80 Å². The number of fused-ring (bicyclic) bond motifs is 8. The molecule has 2 atom stereocenters. The summed E-state index contributed by atoms with van der Waals surface area (Å²) in [4.78, 5) is 10.4. The van der Waals surface area contributed by atoms with Crippen LogP contribution in [0.25, 0.3) is 60.8 Å². The Morgan fingerprint density at radius 1 is 0.541 bits per heavy atom. The van der Waals surface area contributed by atoms with Gasteiger partial charge in [-0.25, -0.2) is 4.98 Å². The molecule has 0 spiro atoms. The molecule has 0 fully saturated rings. The summed E-state index contributed by atoms with van der Waals surface area (Å²) in [6.07, 6.45) is 18.1. The molecule has 0 N–H and O–H groups in total. The van der Waals surface area contributed by atoms with Gasteiger partial charge in [0, 0.05) is 50.6 Å². The number of rotatable bonds is 7. The molecule has 12 rings (SSSR count). The van der Waals surface area contributed by atoms with Crippen LogP contribution in [-0.4, -0.2) is 15.6 Å². The molecule has 2 aliphatic carbocycles. The Kier molecular flexibility index (Phi) is 8.41. The van der Waals surface area contributed by atoms with E-state index in [4.69, 9.17) is 4.98 Å². The first-order chi connectivity index (χ1) is 30.3. The van der Waals surface area contributed by atoms with E-state index in [0.29, 0.717) is 0 Å². The van der Waals surface area contributed by atoms with Crippen molar-refractivity contribution in [3.8, 4) is 22.5 Å². The van der Waals surface area contributed by atoms with Gasteiger partial charge in [0.15, 0.2) is 0 Å². The van der Waals surface area contributed by atoms with Crippen molar-refractivity contribution in [3.05, 3.63) is 224 Å². The summed E-state index contributed by atoms with van der Waals surface area (Å²) >= 11 is 0. The normalized spacial score (nSPS) is 16.6. The number of aromatic nitrogens is 2. The molecule has 61 heavy (non-hydrogen) atoms. The first-order valence-electron chi connectivity index (χ1n) is 21.4. The maximum Gasteiger partial charge on any atom is 0.145 e. The van der Waals surface area contributed by atoms with Gasteiger partial charge in [0.1, 0.15) is 5.82 Å². The Hall–Kier alpha value is -7.69. The molecule has 0 bridgehead atoms. The van der Waals surface area contributed by atoms with Crippen LogP contribution in [0.4, 0.5) is 28.4 Å². The molecule has 4 nitrogen and oxygen atoms in total. The lowest BCUT2D eigenvalue weighted by Gasteiger charge is -2.30. The number of nitrogens with zero attached hydrogens (tertiary/aromatic N) is 4. The Morgan fingerprint density at radius 2 is 1.23 bits per heavy atom. The topological polar surface area (TPSA) is 24.3 Å². The summed E-state index contributed by atoms with van der Waals surface area (Å²) in [5.74, 6) is 1.18. The van der Waals surface area contributed by atoms with Crippen LogP contribution in [0.2, 0.25) is 0 Å². The summed E-state index contributed by atoms with van der Waals surface area (Å²) in [5, 5.41) is 4.72. The van der Waals surface area contributed by atoms with Crippen molar-refractivity contribution in [2.75, 3.05) is 9.80 Å². The van der Waals surface area contributed by atoms with E-state index >= 15 is 0 Å². The van der Waals surface area contributed by atoms with E-state index in [1.165, 1.54) is 49.9 Å². The maximum atomic E-state index is 5.44. The molecule has 1 aliphatic heterocycles. The van der Waals surface area contributed by atoms with E-state index in [9.17, 15) is 0 Å². The molecule has 8 aromatic carbocycles. The quantitative estimate of drug-likeness (QED) is 0.151. The minimum absolute atomic E-state index is 0.199. The zero-order valence-corrected chi connectivity index (χ0v) is 33.6. The van der Waals surface area contributed by atoms with Crippen LogP contribution in [0, 0.1) is 0 Å². The van der Waals surface area contributed by atoms with Crippen molar-refractivity contribution in [3.63, 3.8) is 0 Å². The van der Waals surface area contributed by atoms with Gasteiger partial charge in [-0.05, 0) is 89.3 Å². The highest BCUT2D eigenvalue weighted by Gasteiger charge is 2.39. The Bertz CT molecular complexity index is 3260. The fraction of sp³-hybridized carbons (Fsp3) is 0.0702. The Morgan fingerprint density at radius 3 is 2.07 bits per heavy atom. The summed E-state index contributed by atoms with van der Waals surface area (Å²) in [5.41, 5.74) is 14.1. The maximum absolute atomic E-state index is 5.44. The first-order valence-corrected chi connectivity index (χ1v) is 21.4. The number of benzene rings is 8. The van der Waals surface area contributed by atoms with Gasteiger partial charge in [-0.3, -0.25) is 4.57 Å². The van der Waals surface area contributed by atoms with Gasteiger partial charge in [0.25, 0.3) is 0 Å². The van der Waals surface area contributed by atoms with Crippen LogP contribution in [0.5, 0.6) is 0 Å². The number of hydrogen-bond acceptors (Lipinski definition) is 3. The van der Waals surface area contributed by atoms with Crippen LogP contribution in [0.15, 0.2) is 218 Å². The molecule has 290 valence electrons. The lowest BCUT2D eigenvalue weighted by atomic mass is 9.85. The first kappa shape index (κ1) is 35.3. The zero-order valence-electron chi connectivity index (χ0n) is 33.6. The second-order valence-electron chi connectivity index (χ2n) is 16.1. The molecular weight excluding hydrogens is 741 g/mol. The molecule has 0 saturated heterocycles. The molecule has 0 amide bonds. The van der Waals surface area contributed by atoms with Crippen molar-refractivity contribution in [1.82, 2.24) is 9.55 Å². The molecule has 0 saturated carbocycles. The van der Waals surface area contributed by atoms with Crippen molar-refractivity contribution >= 4 is 66.7 Å². The molecule has 3 aliphatic rings. The standard InChI is InChI=1S/C57H42N4/c1-5-19-39(20-6-1)57-58-56-48-36-35-46-43(44(48)37-38-54(56)61(57)42-25-11-4-12-26-42)29-17-33-51(46)59(40-21-7-2-8-22-40)50-31-15-13-27-45(50)47-30-18-34-53-55(47)49-28-14-16-32-52(49)60(53)41-23-9-3-10-24-41/h1-3,5-11,13-38,49,52H,4,12H2. The Balaban J connectivity index is 1.06. The highest BCUT2D eigenvalue weighted by atomic mass is 15.2. The van der Waals surface area contributed by atoms with Crippen LogP contribution in [0.3, 0.4) is 0 Å². The summed E-state index contributed by atoms with van der Waals surface area (Å²) in [6, 6.07) is 64.2. The fourth-order valence-corrected chi connectivity index (χ4v) is 10.1. The summed E-state index contributed by atoms with van der Waals surface area (Å²) < 4.78 is 2.34. The van der Waals surface area contributed by atoms with E-state index < -0.39 is 0 Å². The van der Waals surface area contributed by atoms with Gasteiger partial charge in [0.2, 0.25) is 0 Å². The number of hydrogen-bond donors (Lipinski definition) is 0. The average Bonchev–Trinajstić information content (AvgIpc) is 3.90. The van der Waals surface area contributed by atoms with E-state index in [-0.39, 0.29) is 12.0 Å². The van der Waals surface area contributed by atoms with Gasteiger partial charge in [-0.15, -0.1) is 0 Å². The molecule has 2 heterocycles. The highest BCUT2D eigenvalue weighted by molar-refractivity contribution is 6.19. The second-order valence-corrected chi connectivity index (χ2v) is 16.1. The fourth-order valence-electron chi connectivity index (χ4n) is 10.1. The average molecular weight is 783 g/mol. The lowest BCUT2D eigenvalue weighted by Crippen LogP contribution is -2.28. The summed E-state index contributed by atoms with van der Waals surface area (Å²) in [6.45, 7) is 0. The van der Waals surface area contributed by atoms with E-state index in [0.717, 1.165) is 57.7 Å². The molecule has 1 aromatic heterocycles. The Labute approximate surface area is 356 Å². The largest absolute Gasteiger partial charge is 0.333 e. The second kappa shape index (κ2) is 14.5. The minimum atomic E-state index is 0.199. The van der Waals surface area contributed by atoms with Gasteiger partial charge in [-0.1, -0.05) is 164 Å². The zero-order chi connectivity index (χ0) is 40.3. The van der Waals surface area contributed by atoms with Crippen LogP contribution in [-0.2, 0) is 0 Å². The number of para-hydroxylation sites is 3. The molecule has 0 radical (unpaired) electrons. The third kappa shape index (κ3) is 5.71. The van der Waals surface area contributed by atoms with Crippen molar-refractivity contribution in [1.29, 1.82) is 0 Å². The lowest BCUT2D eigenvalue weighted by molar-refractivity contribution is 0.745. The van der Waals surface area contributed by atoms with Crippen LogP contribution >= 0.6 is 0 Å². The smallest absolute Gasteiger partial charge is 0.145 e. The summed E-state index contributed by atoms with van der Waals surface area (Å²) in [7, 11) is 0. The third-order valence-corrected chi connectivity index (χ3v) is 12.7. The predicted octanol–water partition coefficient (Wildman–Crippen LogP) is 15.1. The van der Waals surface area contributed by atoms with Gasteiger partial charge >= 0.3 is 0 Å². The molecule has 4 heteroatoms. The van der Waals surface area contributed by atoms with E-state index in [1.54, 1.807) is 0 Å². The van der Waals surface area contributed by atoms with Crippen molar-refractivity contribution in [2.45, 2.75) is 24.8 Å². The van der Waals surface area contributed by atoms with Gasteiger partial charge in [0.05, 0.1) is 28.5 Å². The number of anilines is 5. The third-order valence-electron chi connectivity index (χ3n) is 12.7. The van der Waals surface area contributed by atoms with Crippen molar-refractivity contribution in [2.24, 2.45) is 0 Å². The SMILES string of the molecule is C1=CC2c3c(-c4ccccc4N(c4ccccc4)c4cccc5c4ccc4c5ccc5c4nc(-c4ccccc4)n5C4=CCCC=C4)cccc3N(c3ccccc3)C2C=C1. The minimum Gasteiger partial charge on any atom is -0.333 e. The van der Waals surface area contributed by atoms with Crippen LogP contribution in [0.1, 0.15) is 24.3 Å². The van der Waals surface area contributed by atoms with E-state index in [1.807, 2.05) is 0 Å². The molecule has 2 unspecified atom stereocenters. The molecular formula is C57H42N4. The van der Waals surface area contributed by atoms with Gasteiger partial charge in [-0.2, -0.15) is 0 Å². The monoisotopic (exact) mass is 782 g/mol. The number of allylic oxidation sites excluding steroid dienone is 6. The van der Waals surface area contributed by atoms with Gasteiger partial charge < -0.3 is 9.80 Å². The van der Waals surface area contributed by atoms with E-state index in [2.05, 4.69) is 233 Å². The van der Waals surface area contributed by atoms with Crippen molar-refractivity contribution < 1.29 is 0 Å². The number of imidazole rings is 1. The highest BCUT2D eigenvalue weighted by Crippen LogP contribution is 2.53. The molecule has 9 aromatic rings.